The highest BCUT2D eigenvalue weighted by Crippen LogP contribution is 2.39. The molecule has 2 aromatic rings. The summed E-state index contributed by atoms with van der Waals surface area (Å²) < 4.78 is 52.2. The molecular formula is C13H10F4N2. The summed E-state index contributed by atoms with van der Waals surface area (Å²) in [5.41, 5.74) is 9.17. The van der Waals surface area contributed by atoms with Gasteiger partial charge in [0, 0.05) is 16.9 Å². The molecule has 0 aromatic heterocycles. The molecule has 0 spiro atoms. The Morgan fingerprint density at radius 2 is 1.42 bits per heavy atom. The number of rotatable bonds is 1. The topological polar surface area (TPSA) is 52.0 Å². The average Bonchev–Trinajstić information content (AvgIpc) is 2.29. The molecule has 0 saturated heterocycles. The highest BCUT2D eigenvalue weighted by Gasteiger charge is 2.37. The molecule has 6 heteroatoms. The Morgan fingerprint density at radius 1 is 0.842 bits per heavy atom. The quantitative estimate of drug-likeness (QED) is 0.613. The molecule has 0 fully saturated rings. The molecule has 19 heavy (non-hydrogen) atoms. The monoisotopic (exact) mass is 270 g/mol. The zero-order valence-corrected chi connectivity index (χ0v) is 9.63. The van der Waals surface area contributed by atoms with Crippen molar-refractivity contribution < 1.29 is 17.6 Å². The maximum Gasteiger partial charge on any atom is 0.421 e. The van der Waals surface area contributed by atoms with E-state index in [1.165, 1.54) is 30.3 Å². The zero-order chi connectivity index (χ0) is 14.2. The molecule has 0 radical (unpaired) electrons. The molecule has 0 amide bonds. The van der Waals surface area contributed by atoms with E-state index in [2.05, 4.69) is 0 Å². The van der Waals surface area contributed by atoms with Gasteiger partial charge < -0.3 is 11.5 Å². The van der Waals surface area contributed by atoms with E-state index in [0.717, 1.165) is 6.07 Å². The summed E-state index contributed by atoms with van der Waals surface area (Å²) in [7, 11) is 0. The van der Waals surface area contributed by atoms with Crippen molar-refractivity contribution in [2.24, 2.45) is 0 Å². The first-order chi connectivity index (χ1) is 8.80. The first kappa shape index (κ1) is 13.2. The number of nitrogens with two attached hydrogens (primary N) is 2. The Kier molecular flexibility index (Phi) is 3.09. The molecule has 0 heterocycles. The van der Waals surface area contributed by atoms with Crippen LogP contribution in [0.3, 0.4) is 0 Å². The molecular weight excluding hydrogens is 260 g/mol. The van der Waals surface area contributed by atoms with Crippen molar-refractivity contribution >= 4 is 11.4 Å². The summed E-state index contributed by atoms with van der Waals surface area (Å²) in [6, 6.07) is 8.12. The van der Waals surface area contributed by atoms with Crippen molar-refractivity contribution in [1.29, 1.82) is 0 Å². The van der Waals surface area contributed by atoms with Crippen molar-refractivity contribution in [3.63, 3.8) is 0 Å². The fourth-order valence-corrected chi connectivity index (χ4v) is 1.76. The number of benzene rings is 2. The van der Waals surface area contributed by atoms with Gasteiger partial charge >= 0.3 is 6.18 Å². The molecule has 2 rings (SSSR count). The maximum atomic E-state index is 14.0. The second-order valence-corrected chi connectivity index (χ2v) is 4.01. The molecule has 0 unspecified atom stereocenters. The van der Waals surface area contributed by atoms with E-state index in [4.69, 9.17) is 11.5 Å². The first-order valence-electron chi connectivity index (χ1n) is 5.32. The van der Waals surface area contributed by atoms with Gasteiger partial charge in [0.25, 0.3) is 0 Å². The van der Waals surface area contributed by atoms with Crippen LogP contribution in [0.1, 0.15) is 5.56 Å². The predicted octanol–water partition coefficient (Wildman–Crippen LogP) is 3.68. The van der Waals surface area contributed by atoms with Crippen LogP contribution >= 0.6 is 0 Å². The van der Waals surface area contributed by atoms with Gasteiger partial charge in [-0.1, -0.05) is 12.1 Å². The second kappa shape index (κ2) is 4.46. The van der Waals surface area contributed by atoms with Crippen LogP contribution in [-0.4, -0.2) is 0 Å². The van der Waals surface area contributed by atoms with Crippen LogP contribution in [0.15, 0.2) is 36.4 Å². The van der Waals surface area contributed by atoms with Gasteiger partial charge in [0.1, 0.15) is 11.4 Å². The lowest BCUT2D eigenvalue weighted by atomic mass is 10.0. The average molecular weight is 270 g/mol. The molecule has 2 nitrogen and oxygen atoms in total. The van der Waals surface area contributed by atoms with Gasteiger partial charge in [0.05, 0.1) is 0 Å². The Balaban J connectivity index is 2.63. The molecule has 0 aliphatic heterocycles. The number of anilines is 2. The summed E-state index contributed by atoms with van der Waals surface area (Å²) in [4.78, 5) is 0. The number of alkyl halides is 3. The van der Waals surface area contributed by atoms with Crippen molar-refractivity contribution in [2.45, 2.75) is 6.18 Å². The van der Waals surface area contributed by atoms with Gasteiger partial charge in [-0.05, 0) is 29.8 Å². The smallest absolute Gasteiger partial charge is 0.399 e. The van der Waals surface area contributed by atoms with E-state index in [0.29, 0.717) is 11.3 Å². The number of hydrogen-bond donors (Lipinski definition) is 2. The standard InChI is InChI=1S/C13H10F4N2/c14-12-9(7-1-3-8(18)4-2-7)5-6-10(19)11(12)13(15,16)17/h1-6H,18-19H2. The maximum absolute atomic E-state index is 14.0. The third-order valence-corrected chi connectivity index (χ3v) is 2.68. The van der Waals surface area contributed by atoms with Gasteiger partial charge in [-0.3, -0.25) is 0 Å². The van der Waals surface area contributed by atoms with E-state index in [1.807, 2.05) is 0 Å². The van der Waals surface area contributed by atoms with Crippen molar-refractivity contribution in [1.82, 2.24) is 0 Å². The minimum absolute atomic E-state index is 0.165. The Labute approximate surface area is 106 Å². The lowest BCUT2D eigenvalue weighted by Gasteiger charge is -2.14. The van der Waals surface area contributed by atoms with E-state index >= 15 is 0 Å². The molecule has 0 bridgehead atoms. The number of halogens is 4. The molecule has 2 aromatic carbocycles. The Morgan fingerprint density at radius 3 is 1.95 bits per heavy atom. The fourth-order valence-electron chi connectivity index (χ4n) is 1.76. The largest absolute Gasteiger partial charge is 0.421 e. The first-order valence-corrected chi connectivity index (χ1v) is 5.32. The highest BCUT2D eigenvalue weighted by molar-refractivity contribution is 5.70. The zero-order valence-electron chi connectivity index (χ0n) is 9.63. The lowest BCUT2D eigenvalue weighted by molar-refractivity contribution is -0.139. The summed E-state index contributed by atoms with van der Waals surface area (Å²) in [5, 5.41) is 0. The van der Waals surface area contributed by atoms with Crippen LogP contribution in [0.5, 0.6) is 0 Å². The SMILES string of the molecule is Nc1ccc(-c2ccc(N)c(C(F)(F)F)c2F)cc1. The van der Waals surface area contributed by atoms with Gasteiger partial charge in [-0.15, -0.1) is 0 Å². The molecule has 100 valence electrons. The molecule has 0 atom stereocenters. The fraction of sp³-hybridized carbons (Fsp3) is 0.0769. The van der Waals surface area contributed by atoms with Gasteiger partial charge in [-0.2, -0.15) is 13.2 Å². The van der Waals surface area contributed by atoms with Gasteiger partial charge in [0.15, 0.2) is 0 Å². The predicted molar refractivity (Wildman–Crippen MR) is 65.7 cm³/mol. The van der Waals surface area contributed by atoms with E-state index in [9.17, 15) is 17.6 Å². The Hall–Kier alpha value is -2.24. The Bertz CT molecular complexity index is 603. The van der Waals surface area contributed by atoms with Crippen molar-refractivity contribution in [3.05, 3.63) is 47.8 Å². The molecule has 0 aliphatic rings. The van der Waals surface area contributed by atoms with Gasteiger partial charge in [-0.25, -0.2) is 4.39 Å². The third-order valence-electron chi connectivity index (χ3n) is 2.68. The van der Waals surface area contributed by atoms with Crippen LogP contribution in [0.2, 0.25) is 0 Å². The lowest BCUT2D eigenvalue weighted by Crippen LogP contribution is -2.12. The van der Waals surface area contributed by atoms with Crippen LogP contribution in [0, 0.1) is 5.82 Å². The van der Waals surface area contributed by atoms with E-state index in [1.54, 1.807) is 0 Å². The highest BCUT2D eigenvalue weighted by atomic mass is 19.4. The van der Waals surface area contributed by atoms with E-state index < -0.39 is 23.2 Å². The molecule has 4 N–H and O–H groups in total. The van der Waals surface area contributed by atoms with Crippen LogP contribution in [0.4, 0.5) is 28.9 Å². The number of nitrogen functional groups attached to an aromatic ring is 2. The summed E-state index contributed by atoms with van der Waals surface area (Å²) in [6.07, 6.45) is -4.84. The minimum atomic E-state index is -4.84. The summed E-state index contributed by atoms with van der Waals surface area (Å²) >= 11 is 0. The van der Waals surface area contributed by atoms with Crippen LogP contribution in [-0.2, 0) is 6.18 Å². The van der Waals surface area contributed by atoms with Crippen LogP contribution < -0.4 is 11.5 Å². The summed E-state index contributed by atoms with van der Waals surface area (Å²) in [5.74, 6) is -1.38. The van der Waals surface area contributed by atoms with Gasteiger partial charge in [0.2, 0.25) is 0 Å². The third kappa shape index (κ3) is 2.47. The van der Waals surface area contributed by atoms with Crippen molar-refractivity contribution in [2.75, 3.05) is 11.5 Å². The summed E-state index contributed by atoms with van der Waals surface area (Å²) in [6.45, 7) is 0. The van der Waals surface area contributed by atoms with Crippen molar-refractivity contribution in [3.8, 4) is 11.1 Å². The van der Waals surface area contributed by atoms with Crippen LogP contribution in [0.25, 0.3) is 11.1 Å². The number of hydrogen-bond acceptors (Lipinski definition) is 2. The normalized spacial score (nSPS) is 11.6. The minimum Gasteiger partial charge on any atom is -0.399 e. The second-order valence-electron chi connectivity index (χ2n) is 4.01. The molecule has 0 aliphatic carbocycles. The molecule has 0 saturated carbocycles. The van der Waals surface area contributed by atoms with E-state index in [-0.39, 0.29) is 5.56 Å².